The second kappa shape index (κ2) is 4.67. The Hall–Kier alpha value is -1.06. The Kier molecular flexibility index (Phi) is 3.04. The first-order valence-electron chi connectivity index (χ1n) is 5.43. The van der Waals surface area contributed by atoms with Crippen LogP contribution in [0.25, 0.3) is 0 Å². The van der Waals surface area contributed by atoms with Crippen molar-refractivity contribution in [1.82, 2.24) is 0 Å². The van der Waals surface area contributed by atoms with Gasteiger partial charge in [0, 0.05) is 9.79 Å². The first-order valence-corrected chi connectivity index (χ1v) is 7.19. The van der Waals surface area contributed by atoms with Gasteiger partial charge < -0.3 is 4.74 Å². The maximum atomic E-state index is 5.27. The van der Waals surface area contributed by atoms with Crippen LogP contribution in [-0.4, -0.2) is 7.11 Å². The zero-order chi connectivity index (χ0) is 11.7. The Bertz CT molecular complexity index is 514. The van der Waals surface area contributed by atoms with Crippen molar-refractivity contribution >= 4 is 23.5 Å². The number of hydrogen-bond acceptors (Lipinski definition) is 3. The first kappa shape index (κ1) is 11.1. The average Bonchev–Trinajstić information content (AvgIpc) is 2.82. The van der Waals surface area contributed by atoms with Crippen LogP contribution in [0.15, 0.2) is 58.3 Å². The van der Waals surface area contributed by atoms with E-state index >= 15 is 0 Å². The minimum absolute atomic E-state index is 0.447. The van der Waals surface area contributed by atoms with Crippen LogP contribution in [0, 0.1) is 0 Å². The van der Waals surface area contributed by atoms with E-state index in [-0.39, 0.29) is 0 Å². The Labute approximate surface area is 110 Å². The zero-order valence-electron chi connectivity index (χ0n) is 9.42. The minimum Gasteiger partial charge on any atom is -0.497 e. The number of thioether (sulfide) groups is 2. The minimum atomic E-state index is 0.447. The quantitative estimate of drug-likeness (QED) is 0.781. The molecule has 1 aliphatic heterocycles. The molecule has 2 aromatic carbocycles. The molecule has 1 nitrogen and oxygen atoms in total. The van der Waals surface area contributed by atoms with Crippen molar-refractivity contribution in [2.24, 2.45) is 0 Å². The maximum Gasteiger partial charge on any atom is 0.119 e. The Balaban J connectivity index is 1.88. The van der Waals surface area contributed by atoms with Crippen molar-refractivity contribution in [3.05, 3.63) is 54.1 Å². The number of fused-ring (bicyclic) bond motifs is 1. The molecule has 2 aromatic rings. The summed E-state index contributed by atoms with van der Waals surface area (Å²) < 4.78 is 5.72. The molecule has 3 heteroatoms. The smallest absolute Gasteiger partial charge is 0.119 e. The monoisotopic (exact) mass is 260 g/mol. The van der Waals surface area contributed by atoms with Crippen molar-refractivity contribution in [2.75, 3.05) is 7.11 Å². The third-order valence-corrected chi connectivity index (χ3v) is 5.58. The van der Waals surface area contributed by atoms with Crippen LogP contribution in [0.3, 0.4) is 0 Å². The average molecular weight is 260 g/mol. The fourth-order valence-corrected chi connectivity index (χ4v) is 4.64. The second-order valence-electron chi connectivity index (χ2n) is 3.79. The lowest BCUT2D eigenvalue weighted by Gasteiger charge is -2.09. The normalized spacial score (nSPS) is 14.6. The van der Waals surface area contributed by atoms with Gasteiger partial charge in [-0.05, 0) is 29.8 Å². The van der Waals surface area contributed by atoms with Crippen molar-refractivity contribution in [3.8, 4) is 5.75 Å². The van der Waals surface area contributed by atoms with E-state index in [0.717, 1.165) is 5.75 Å². The van der Waals surface area contributed by atoms with Gasteiger partial charge in [-0.1, -0.05) is 24.3 Å². The van der Waals surface area contributed by atoms with Gasteiger partial charge in [-0.25, -0.2) is 0 Å². The standard InChI is InChI=1S/C14H12OS2/c1-15-11-6-4-5-10(9-11)14-16-12-7-2-3-8-13(12)17-14/h2-9,14H,1H3. The number of hydrogen-bond donors (Lipinski definition) is 0. The summed E-state index contributed by atoms with van der Waals surface area (Å²) in [5.41, 5.74) is 1.32. The predicted octanol–water partition coefficient (Wildman–Crippen LogP) is 4.59. The third-order valence-electron chi connectivity index (χ3n) is 2.68. The van der Waals surface area contributed by atoms with Crippen molar-refractivity contribution in [2.45, 2.75) is 14.4 Å². The topological polar surface area (TPSA) is 9.23 Å². The highest BCUT2D eigenvalue weighted by Gasteiger charge is 2.24. The van der Waals surface area contributed by atoms with Crippen molar-refractivity contribution < 1.29 is 4.74 Å². The molecule has 0 amide bonds. The van der Waals surface area contributed by atoms with Crippen LogP contribution in [0.1, 0.15) is 10.1 Å². The van der Waals surface area contributed by atoms with Crippen LogP contribution in [0.4, 0.5) is 0 Å². The molecule has 0 radical (unpaired) electrons. The highest BCUT2D eigenvalue weighted by molar-refractivity contribution is 8.18. The van der Waals surface area contributed by atoms with Gasteiger partial charge in [0.1, 0.15) is 5.75 Å². The van der Waals surface area contributed by atoms with Crippen molar-refractivity contribution in [3.63, 3.8) is 0 Å². The van der Waals surface area contributed by atoms with Gasteiger partial charge in [-0.2, -0.15) is 0 Å². The highest BCUT2D eigenvalue weighted by Crippen LogP contribution is 2.56. The van der Waals surface area contributed by atoms with E-state index < -0.39 is 0 Å². The first-order chi connectivity index (χ1) is 8.36. The molecule has 0 atom stereocenters. The van der Waals surface area contributed by atoms with Crippen LogP contribution < -0.4 is 4.74 Å². The van der Waals surface area contributed by atoms with Gasteiger partial charge in [0.2, 0.25) is 0 Å². The third kappa shape index (κ3) is 2.17. The van der Waals surface area contributed by atoms with Crippen LogP contribution >= 0.6 is 23.5 Å². The van der Waals surface area contributed by atoms with Gasteiger partial charge in [-0.15, -0.1) is 23.5 Å². The molecule has 1 heterocycles. The van der Waals surface area contributed by atoms with Gasteiger partial charge in [0.05, 0.1) is 11.7 Å². The van der Waals surface area contributed by atoms with Crippen LogP contribution in [-0.2, 0) is 0 Å². The van der Waals surface area contributed by atoms with E-state index in [9.17, 15) is 0 Å². The lowest BCUT2D eigenvalue weighted by Crippen LogP contribution is -1.87. The molecule has 0 bridgehead atoms. The van der Waals surface area contributed by atoms with E-state index in [2.05, 4.69) is 42.5 Å². The molecule has 3 rings (SSSR count). The van der Waals surface area contributed by atoms with E-state index in [1.54, 1.807) is 7.11 Å². The van der Waals surface area contributed by atoms with Gasteiger partial charge in [0.25, 0.3) is 0 Å². The molecule has 0 saturated carbocycles. The summed E-state index contributed by atoms with van der Waals surface area (Å²) in [5, 5.41) is 0. The van der Waals surface area contributed by atoms with E-state index in [1.807, 2.05) is 29.6 Å². The van der Waals surface area contributed by atoms with Crippen LogP contribution in [0.5, 0.6) is 5.75 Å². The van der Waals surface area contributed by atoms with E-state index in [0.29, 0.717) is 4.58 Å². The molecule has 1 aliphatic rings. The summed E-state index contributed by atoms with van der Waals surface area (Å²) in [6.07, 6.45) is 0. The van der Waals surface area contributed by atoms with Crippen molar-refractivity contribution in [1.29, 1.82) is 0 Å². The van der Waals surface area contributed by atoms with Gasteiger partial charge >= 0.3 is 0 Å². The molecule has 0 aromatic heterocycles. The van der Waals surface area contributed by atoms with Gasteiger partial charge in [0.15, 0.2) is 0 Å². The Morgan fingerprint density at radius 2 is 1.65 bits per heavy atom. The number of benzene rings is 2. The highest BCUT2D eigenvalue weighted by atomic mass is 32.2. The summed E-state index contributed by atoms with van der Waals surface area (Å²) >= 11 is 3.83. The van der Waals surface area contributed by atoms with E-state index in [1.165, 1.54) is 15.4 Å². The summed E-state index contributed by atoms with van der Waals surface area (Å²) in [5.74, 6) is 0.930. The molecule has 86 valence electrons. The Morgan fingerprint density at radius 3 is 2.29 bits per heavy atom. The largest absolute Gasteiger partial charge is 0.497 e. The summed E-state index contributed by atoms with van der Waals surface area (Å²) in [6, 6.07) is 16.9. The molecular formula is C14H12OS2. The maximum absolute atomic E-state index is 5.27. The summed E-state index contributed by atoms with van der Waals surface area (Å²) in [4.78, 5) is 2.76. The second-order valence-corrected chi connectivity index (χ2v) is 6.38. The lowest BCUT2D eigenvalue weighted by atomic mass is 10.2. The Morgan fingerprint density at radius 1 is 0.941 bits per heavy atom. The summed E-state index contributed by atoms with van der Waals surface area (Å²) in [7, 11) is 1.71. The summed E-state index contributed by atoms with van der Waals surface area (Å²) in [6.45, 7) is 0. The molecule has 0 saturated heterocycles. The molecule has 0 aliphatic carbocycles. The molecule has 0 N–H and O–H groups in total. The molecule has 0 fully saturated rings. The molecule has 17 heavy (non-hydrogen) atoms. The zero-order valence-corrected chi connectivity index (χ0v) is 11.1. The molecule has 0 unspecified atom stereocenters. The number of rotatable bonds is 2. The number of ether oxygens (including phenoxy) is 1. The molecule has 0 spiro atoms. The predicted molar refractivity (Wildman–Crippen MR) is 73.9 cm³/mol. The SMILES string of the molecule is COc1cccc(C2Sc3ccccc3S2)c1. The fraction of sp³-hybridized carbons (Fsp3) is 0.143. The van der Waals surface area contributed by atoms with E-state index in [4.69, 9.17) is 4.74 Å². The fourth-order valence-electron chi connectivity index (χ4n) is 1.82. The van der Waals surface area contributed by atoms with Crippen LogP contribution in [0.2, 0.25) is 0 Å². The molecular weight excluding hydrogens is 248 g/mol. The lowest BCUT2D eigenvalue weighted by molar-refractivity contribution is 0.414. The van der Waals surface area contributed by atoms with Gasteiger partial charge in [-0.3, -0.25) is 0 Å². The number of methoxy groups -OCH3 is 1.